The second-order valence-electron chi connectivity index (χ2n) is 4.90. The van der Waals surface area contributed by atoms with Crippen molar-refractivity contribution in [3.63, 3.8) is 0 Å². The van der Waals surface area contributed by atoms with Crippen LogP contribution in [0.5, 0.6) is 0 Å². The molecule has 2 aromatic heterocycles. The fourth-order valence-electron chi connectivity index (χ4n) is 2.33. The van der Waals surface area contributed by atoms with Crippen molar-refractivity contribution in [2.45, 2.75) is 6.54 Å². The number of rotatable bonds is 3. The summed E-state index contributed by atoms with van der Waals surface area (Å²) in [5, 5.41) is 0. The quantitative estimate of drug-likeness (QED) is 0.904. The van der Waals surface area contributed by atoms with Gasteiger partial charge in [0.25, 0.3) is 0 Å². The molecule has 1 aliphatic rings. The Hall–Kier alpha value is -1.73. The van der Waals surface area contributed by atoms with E-state index >= 15 is 0 Å². The average Bonchev–Trinajstić information content (AvgIpc) is 2.56. The van der Waals surface area contributed by atoms with Crippen molar-refractivity contribution in [1.29, 1.82) is 0 Å². The lowest BCUT2D eigenvalue weighted by atomic mass is 10.2. The molecule has 0 bridgehead atoms. The summed E-state index contributed by atoms with van der Waals surface area (Å²) in [5.41, 5.74) is 6.65. The Kier molecular flexibility index (Phi) is 4.31. The molecule has 6 nitrogen and oxygen atoms in total. The third-order valence-corrected chi connectivity index (χ3v) is 3.95. The Morgan fingerprint density at radius 3 is 2.19 bits per heavy atom. The van der Waals surface area contributed by atoms with Crippen LogP contribution in [-0.4, -0.2) is 41.1 Å². The van der Waals surface area contributed by atoms with Crippen LogP contribution in [-0.2, 0) is 6.54 Å². The van der Waals surface area contributed by atoms with Crippen LogP contribution in [0, 0.1) is 0 Å². The van der Waals surface area contributed by atoms with Crippen LogP contribution < -0.4 is 15.5 Å². The smallest absolute Gasteiger partial charge is 0.225 e. The van der Waals surface area contributed by atoms with Crippen LogP contribution in [0.1, 0.15) is 5.56 Å². The molecule has 3 heterocycles. The second-order valence-corrected chi connectivity index (χ2v) is 5.82. The lowest BCUT2D eigenvalue weighted by molar-refractivity contribution is 0.634. The molecule has 1 fully saturated rings. The van der Waals surface area contributed by atoms with E-state index in [4.69, 9.17) is 5.73 Å². The molecule has 7 heteroatoms. The van der Waals surface area contributed by atoms with Gasteiger partial charge in [0.2, 0.25) is 5.95 Å². The standard InChI is InChI=1S/C14H17BrN6/c15-12-9-18-14(19-10-12)21-5-3-20(4-6-21)13-2-1-11(7-16)8-17-13/h1-2,8-10H,3-7,16H2. The molecule has 0 spiro atoms. The third kappa shape index (κ3) is 3.30. The zero-order valence-corrected chi connectivity index (χ0v) is 13.2. The van der Waals surface area contributed by atoms with Gasteiger partial charge in [-0.25, -0.2) is 15.0 Å². The van der Waals surface area contributed by atoms with E-state index in [2.05, 4.69) is 40.7 Å². The van der Waals surface area contributed by atoms with Gasteiger partial charge in [0, 0.05) is 51.3 Å². The third-order valence-electron chi connectivity index (χ3n) is 3.54. The lowest BCUT2D eigenvalue weighted by Gasteiger charge is -2.35. The summed E-state index contributed by atoms with van der Waals surface area (Å²) < 4.78 is 0.897. The SMILES string of the molecule is NCc1ccc(N2CCN(c3ncc(Br)cn3)CC2)nc1. The monoisotopic (exact) mass is 348 g/mol. The molecule has 0 aromatic carbocycles. The van der Waals surface area contributed by atoms with Gasteiger partial charge in [0.05, 0.1) is 4.47 Å². The van der Waals surface area contributed by atoms with Crippen molar-refractivity contribution >= 4 is 27.7 Å². The highest BCUT2D eigenvalue weighted by molar-refractivity contribution is 9.10. The van der Waals surface area contributed by atoms with Gasteiger partial charge in [-0.2, -0.15) is 0 Å². The van der Waals surface area contributed by atoms with Crippen LogP contribution >= 0.6 is 15.9 Å². The minimum Gasteiger partial charge on any atom is -0.353 e. The van der Waals surface area contributed by atoms with E-state index in [1.165, 1.54) is 0 Å². The fourth-order valence-corrected chi connectivity index (χ4v) is 2.53. The molecule has 1 saturated heterocycles. The van der Waals surface area contributed by atoms with E-state index in [0.717, 1.165) is 48.0 Å². The molecule has 0 saturated carbocycles. The van der Waals surface area contributed by atoms with Crippen LogP contribution in [0.4, 0.5) is 11.8 Å². The predicted octanol–water partition coefficient (Wildman–Crippen LogP) is 1.42. The van der Waals surface area contributed by atoms with Crippen molar-refractivity contribution in [2.75, 3.05) is 36.0 Å². The Morgan fingerprint density at radius 1 is 0.952 bits per heavy atom. The van der Waals surface area contributed by atoms with E-state index < -0.39 is 0 Å². The molecule has 0 unspecified atom stereocenters. The Balaban J connectivity index is 1.62. The number of anilines is 2. The largest absolute Gasteiger partial charge is 0.353 e. The van der Waals surface area contributed by atoms with Crippen molar-refractivity contribution in [3.05, 3.63) is 40.8 Å². The molecule has 0 radical (unpaired) electrons. The maximum absolute atomic E-state index is 5.59. The van der Waals surface area contributed by atoms with Gasteiger partial charge < -0.3 is 15.5 Å². The minimum absolute atomic E-state index is 0.530. The van der Waals surface area contributed by atoms with Gasteiger partial charge in [-0.15, -0.1) is 0 Å². The highest BCUT2D eigenvalue weighted by Crippen LogP contribution is 2.17. The van der Waals surface area contributed by atoms with Crippen molar-refractivity contribution in [3.8, 4) is 0 Å². The predicted molar refractivity (Wildman–Crippen MR) is 86.3 cm³/mol. The second kappa shape index (κ2) is 6.36. The summed E-state index contributed by atoms with van der Waals surface area (Å²) in [7, 11) is 0. The van der Waals surface area contributed by atoms with Crippen molar-refractivity contribution in [1.82, 2.24) is 15.0 Å². The van der Waals surface area contributed by atoms with Gasteiger partial charge in [0.15, 0.2) is 0 Å². The molecule has 110 valence electrons. The van der Waals surface area contributed by atoms with E-state index in [0.29, 0.717) is 6.54 Å². The number of nitrogens with two attached hydrogens (primary N) is 1. The van der Waals surface area contributed by atoms with Crippen molar-refractivity contribution in [2.24, 2.45) is 5.73 Å². The molecule has 1 aliphatic heterocycles. The first-order valence-electron chi connectivity index (χ1n) is 6.89. The highest BCUT2D eigenvalue weighted by atomic mass is 79.9. The lowest BCUT2D eigenvalue weighted by Crippen LogP contribution is -2.47. The summed E-state index contributed by atoms with van der Waals surface area (Å²) in [6.07, 6.45) is 5.41. The molecule has 0 aliphatic carbocycles. The van der Waals surface area contributed by atoms with E-state index in [1.807, 2.05) is 18.3 Å². The van der Waals surface area contributed by atoms with Crippen LogP contribution in [0.15, 0.2) is 35.2 Å². The molecule has 0 atom stereocenters. The molecular weight excluding hydrogens is 332 g/mol. The molecule has 2 aromatic rings. The van der Waals surface area contributed by atoms with Gasteiger partial charge in [-0.3, -0.25) is 0 Å². The molecule has 2 N–H and O–H groups in total. The number of hydrogen-bond donors (Lipinski definition) is 1. The molecule has 0 amide bonds. The zero-order chi connectivity index (χ0) is 14.7. The minimum atomic E-state index is 0.530. The number of piperazine rings is 1. The Morgan fingerprint density at radius 2 is 1.62 bits per heavy atom. The van der Waals surface area contributed by atoms with Gasteiger partial charge >= 0.3 is 0 Å². The summed E-state index contributed by atoms with van der Waals surface area (Å²) >= 11 is 3.35. The van der Waals surface area contributed by atoms with Crippen LogP contribution in [0.3, 0.4) is 0 Å². The summed E-state index contributed by atoms with van der Waals surface area (Å²) in [5.74, 6) is 1.79. The maximum Gasteiger partial charge on any atom is 0.225 e. The van der Waals surface area contributed by atoms with Crippen LogP contribution in [0.25, 0.3) is 0 Å². The molecule has 21 heavy (non-hydrogen) atoms. The highest BCUT2D eigenvalue weighted by Gasteiger charge is 2.19. The summed E-state index contributed by atoms with van der Waals surface area (Å²) in [6.45, 7) is 4.13. The summed E-state index contributed by atoms with van der Waals surface area (Å²) in [6, 6.07) is 4.07. The van der Waals surface area contributed by atoms with E-state index in [9.17, 15) is 0 Å². The van der Waals surface area contributed by atoms with Gasteiger partial charge in [-0.05, 0) is 27.6 Å². The topological polar surface area (TPSA) is 71.2 Å². The maximum atomic E-state index is 5.59. The number of pyridine rings is 1. The first kappa shape index (κ1) is 14.2. The number of hydrogen-bond acceptors (Lipinski definition) is 6. The van der Waals surface area contributed by atoms with E-state index in [1.54, 1.807) is 12.4 Å². The van der Waals surface area contributed by atoms with Gasteiger partial charge in [0.1, 0.15) is 5.82 Å². The Bertz CT molecular complexity index is 577. The van der Waals surface area contributed by atoms with Crippen LogP contribution in [0.2, 0.25) is 0 Å². The molecular formula is C14H17BrN6. The Labute approximate surface area is 132 Å². The van der Waals surface area contributed by atoms with Gasteiger partial charge in [-0.1, -0.05) is 6.07 Å². The first-order valence-corrected chi connectivity index (χ1v) is 7.68. The normalized spacial score (nSPS) is 15.3. The molecule has 3 rings (SSSR count). The van der Waals surface area contributed by atoms with Crippen molar-refractivity contribution < 1.29 is 0 Å². The number of nitrogens with zero attached hydrogens (tertiary/aromatic N) is 5. The first-order chi connectivity index (χ1) is 10.3. The number of halogens is 1. The zero-order valence-electron chi connectivity index (χ0n) is 11.6. The number of aromatic nitrogens is 3. The average molecular weight is 349 g/mol. The van der Waals surface area contributed by atoms with E-state index in [-0.39, 0.29) is 0 Å². The summed E-state index contributed by atoms with van der Waals surface area (Å²) in [4.78, 5) is 17.6. The fraction of sp³-hybridized carbons (Fsp3) is 0.357.